The number of carbonyl (C=O) groups excluding carboxylic acids is 1. The van der Waals surface area contributed by atoms with E-state index in [9.17, 15) is 9.90 Å². The number of nitrogens with one attached hydrogen (secondary N) is 1. The number of carbonyl (C=O) groups is 1. The quantitative estimate of drug-likeness (QED) is 0.283. The number of nitrogens with zero attached hydrogens (tertiary/aromatic N) is 6. The summed E-state index contributed by atoms with van der Waals surface area (Å²) in [5.41, 5.74) is 8.85. The summed E-state index contributed by atoms with van der Waals surface area (Å²) in [5.74, 6) is 0.0201. The highest BCUT2D eigenvalue weighted by molar-refractivity contribution is 7.19. The van der Waals surface area contributed by atoms with Crippen LogP contribution in [0.15, 0.2) is 73.3 Å². The molecule has 5 aromatic heterocycles. The van der Waals surface area contributed by atoms with E-state index < -0.39 is 11.5 Å². The van der Waals surface area contributed by atoms with Crippen LogP contribution in [0.25, 0.3) is 21.7 Å². The summed E-state index contributed by atoms with van der Waals surface area (Å²) in [4.78, 5) is 26.3. The molecule has 0 unspecified atom stereocenters. The molecular weight excluding hydrogens is 488 g/mol. The van der Waals surface area contributed by atoms with Gasteiger partial charge in [0.2, 0.25) is 0 Å². The van der Waals surface area contributed by atoms with Crippen LogP contribution in [0.5, 0.6) is 0 Å². The van der Waals surface area contributed by atoms with E-state index in [1.807, 2.05) is 42.5 Å². The molecule has 0 saturated carbocycles. The Hall–Kier alpha value is -4.48. The van der Waals surface area contributed by atoms with Crippen molar-refractivity contribution in [3.63, 3.8) is 0 Å². The first-order chi connectivity index (χ1) is 17.8. The summed E-state index contributed by atoms with van der Waals surface area (Å²) in [6, 6.07) is 15.0. The molecule has 0 aliphatic carbocycles. The molecular formula is C26H24N8O2S. The number of primary amides is 1. The van der Waals surface area contributed by atoms with Crippen molar-refractivity contribution < 1.29 is 9.90 Å². The van der Waals surface area contributed by atoms with Crippen LogP contribution in [-0.4, -0.2) is 41.0 Å². The summed E-state index contributed by atoms with van der Waals surface area (Å²) < 4.78 is 1.61. The highest BCUT2D eigenvalue weighted by Crippen LogP contribution is 2.37. The highest BCUT2D eigenvalue weighted by atomic mass is 32.1. The number of aliphatic hydroxyl groups is 1. The van der Waals surface area contributed by atoms with E-state index in [4.69, 9.17) is 5.73 Å². The van der Waals surface area contributed by atoms with Crippen LogP contribution >= 0.6 is 11.3 Å². The second kappa shape index (κ2) is 9.88. The fourth-order valence-corrected chi connectivity index (χ4v) is 4.68. The first-order valence-corrected chi connectivity index (χ1v) is 12.2. The number of aromatic nitrogens is 6. The van der Waals surface area contributed by atoms with E-state index in [-0.39, 0.29) is 0 Å². The van der Waals surface area contributed by atoms with Crippen molar-refractivity contribution in [1.82, 2.24) is 29.9 Å². The summed E-state index contributed by atoms with van der Waals surface area (Å²) in [5, 5.41) is 22.0. The van der Waals surface area contributed by atoms with Gasteiger partial charge in [-0.3, -0.25) is 14.8 Å². The fourth-order valence-electron chi connectivity index (χ4n) is 3.62. The SMILES string of the molecule is CC(C)(O)c1cn(Cc2cccc(Nc3sc(-c4ccc(-c5ccncc5)nc4)cc3C(N)=O)n2)nn1. The smallest absolute Gasteiger partial charge is 0.251 e. The lowest BCUT2D eigenvalue weighted by atomic mass is 10.1. The van der Waals surface area contributed by atoms with Crippen molar-refractivity contribution in [3.8, 4) is 21.7 Å². The molecule has 0 fully saturated rings. The van der Waals surface area contributed by atoms with Gasteiger partial charge in [0.1, 0.15) is 22.1 Å². The first kappa shape index (κ1) is 24.2. The summed E-state index contributed by atoms with van der Waals surface area (Å²) >= 11 is 1.40. The Bertz CT molecular complexity index is 1540. The number of hydrogen-bond acceptors (Lipinski definition) is 9. The lowest BCUT2D eigenvalue weighted by Gasteiger charge is -2.11. The van der Waals surface area contributed by atoms with Gasteiger partial charge >= 0.3 is 0 Å². The minimum absolute atomic E-state index is 0.368. The average Bonchev–Trinajstić information content (AvgIpc) is 3.53. The Kier molecular flexibility index (Phi) is 6.47. The van der Waals surface area contributed by atoms with Gasteiger partial charge in [-0.05, 0) is 56.3 Å². The van der Waals surface area contributed by atoms with Gasteiger partial charge in [-0.15, -0.1) is 16.4 Å². The Labute approximate surface area is 216 Å². The van der Waals surface area contributed by atoms with Crippen molar-refractivity contribution >= 4 is 28.1 Å². The summed E-state index contributed by atoms with van der Waals surface area (Å²) in [6.07, 6.45) is 6.91. The third-order valence-corrected chi connectivity index (χ3v) is 6.66. The average molecular weight is 513 g/mol. The largest absolute Gasteiger partial charge is 0.384 e. The van der Waals surface area contributed by atoms with Gasteiger partial charge in [-0.1, -0.05) is 11.3 Å². The minimum Gasteiger partial charge on any atom is -0.384 e. The Morgan fingerprint density at radius 2 is 1.95 bits per heavy atom. The second-order valence-corrected chi connectivity index (χ2v) is 9.94. The van der Waals surface area contributed by atoms with Crippen LogP contribution in [0.4, 0.5) is 10.8 Å². The first-order valence-electron chi connectivity index (χ1n) is 11.4. The zero-order valence-electron chi connectivity index (χ0n) is 20.2. The highest BCUT2D eigenvalue weighted by Gasteiger charge is 2.20. The number of nitrogens with two attached hydrogens (primary N) is 1. The number of rotatable bonds is 8. The molecule has 0 atom stereocenters. The van der Waals surface area contributed by atoms with Crippen LogP contribution in [0.1, 0.15) is 35.6 Å². The Morgan fingerprint density at radius 3 is 2.62 bits per heavy atom. The van der Waals surface area contributed by atoms with Gasteiger partial charge in [0.25, 0.3) is 5.91 Å². The monoisotopic (exact) mass is 512 g/mol. The molecule has 37 heavy (non-hydrogen) atoms. The number of pyridine rings is 3. The molecule has 0 saturated heterocycles. The van der Waals surface area contributed by atoms with E-state index in [0.29, 0.717) is 28.6 Å². The molecule has 0 aliphatic rings. The normalized spacial score (nSPS) is 11.4. The zero-order chi connectivity index (χ0) is 26.0. The van der Waals surface area contributed by atoms with Gasteiger partial charge in [0.15, 0.2) is 0 Å². The molecule has 11 heteroatoms. The molecule has 5 rings (SSSR count). The van der Waals surface area contributed by atoms with E-state index >= 15 is 0 Å². The molecule has 186 valence electrons. The predicted octanol–water partition coefficient (Wildman–Crippen LogP) is 3.98. The van der Waals surface area contributed by atoms with E-state index in [2.05, 4.69) is 30.6 Å². The van der Waals surface area contributed by atoms with Crippen molar-refractivity contribution in [2.75, 3.05) is 5.32 Å². The van der Waals surface area contributed by atoms with Crippen molar-refractivity contribution in [2.45, 2.75) is 26.0 Å². The zero-order valence-corrected chi connectivity index (χ0v) is 21.0. The molecule has 0 aliphatic heterocycles. The summed E-state index contributed by atoms with van der Waals surface area (Å²) in [6.45, 7) is 3.68. The second-order valence-electron chi connectivity index (χ2n) is 8.89. The van der Waals surface area contributed by atoms with Crippen molar-refractivity contribution in [3.05, 3.63) is 90.3 Å². The lowest BCUT2D eigenvalue weighted by Crippen LogP contribution is -2.15. The predicted molar refractivity (Wildman–Crippen MR) is 141 cm³/mol. The van der Waals surface area contributed by atoms with Gasteiger partial charge in [-0.25, -0.2) is 9.67 Å². The number of hydrogen-bond donors (Lipinski definition) is 3. The number of anilines is 2. The van der Waals surface area contributed by atoms with Crippen LogP contribution < -0.4 is 11.1 Å². The molecule has 0 aromatic carbocycles. The van der Waals surface area contributed by atoms with Crippen LogP contribution in [0.2, 0.25) is 0 Å². The standard InChI is InChI=1S/C26H24N8O2S/c1-26(2,36)22-15-34(33-32-22)14-18-4-3-5-23(30-18)31-25-19(24(27)35)12-21(37-25)17-6-7-20(29-13-17)16-8-10-28-11-9-16/h3-13,15,36H,14H2,1-2H3,(H2,27,35)(H,30,31). The Balaban J connectivity index is 1.37. The lowest BCUT2D eigenvalue weighted by molar-refractivity contribution is 0.0737. The molecule has 1 amide bonds. The molecule has 0 spiro atoms. The summed E-state index contributed by atoms with van der Waals surface area (Å²) in [7, 11) is 0. The third-order valence-electron chi connectivity index (χ3n) is 5.56. The molecule has 5 aromatic rings. The minimum atomic E-state index is -1.08. The van der Waals surface area contributed by atoms with Crippen LogP contribution in [0.3, 0.4) is 0 Å². The Morgan fingerprint density at radius 1 is 1.14 bits per heavy atom. The number of amides is 1. The van der Waals surface area contributed by atoms with Crippen molar-refractivity contribution in [1.29, 1.82) is 0 Å². The van der Waals surface area contributed by atoms with Crippen LogP contribution in [0, 0.1) is 0 Å². The molecule has 0 radical (unpaired) electrons. The van der Waals surface area contributed by atoms with Gasteiger partial charge in [0, 0.05) is 34.6 Å². The topological polar surface area (TPSA) is 145 Å². The van der Waals surface area contributed by atoms with Gasteiger partial charge < -0.3 is 16.2 Å². The maximum Gasteiger partial charge on any atom is 0.251 e. The fraction of sp³-hybridized carbons (Fsp3) is 0.154. The maximum absolute atomic E-state index is 12.2. The van der Waals surface area contributed by atoms with E-state index in [1.165, 1.54) is 11.3 Å². The molecule has 5 heterocycles. The van der Waals surface area contributed by atoms with Gasteiger partial charge in [-0.2, -0.15) is 0 Å². The van der Waals surface area contributed by atoms with Gasteiger partial charge in [0.05, 0.1) is 29.7 Å². The molecule has 0 bridgehead atoms. The van der Waals surface area contributed by atoms with E-state index in [0.717, 1.165) is 27.4 Å². The molecule has 10 nitrogen and oxygen atoms in total. The van der Waals surface area contributed by atoms with Crippen molar-refractivity contribution in [2.24, 2.45) is 5.73 Å². The third kappa shape index (κ3) is 5.52. The number of thiophene rings is 1. The van der Waals surface area contributed by atoms with Crippen LogP contribution in [-0.2, 0) is 12.1 Å². The van der Waals surface area contributed by atoms with E-state index in [1.54, 1.807) is 49.4 Å². The molecule has 4 N–H and O–H groups in total. The maximum atomic E-state index is 12.2.